The SMILES string of the molecule is CN(C(=O)c1ccc(Cl)cc1Cl)S(C)(=O)=O. The van der Waals surface area contributed by atoms with E-state index in [-0.39, 0.29) is 10.6 Å². The molecule has 0 fully saturated rings. The smallest absolute Gasteiger partial charge is 0.268 e. The Morgan fingerprint density at radius 2 is 1.88 bits per heavy atom. The second-order valence-electron chi connectivity index (χ2n) is 3.16. The van der Waals surface area contributed by atoms with Gasteiger partial charge in [0, 0.05) is 12.1 Å². The van der Waals surface area contributed by atoms with E-state index in [1.807, 2.05) is 0 Å². The third-order valence-electron chi connectivity index (χ3n) is 1.95. The van der Waals surface area contributed by atoms with Crippen LogP contribution in [-0.4, -0.2) is 31.9 Å². The van der Waals surface area contributed by atoms with Crippen LogP contribution in [0.3, 0.4) is 0 Å². The average Bonchev–Trinajstić information content (AvgIpc) is 2.14. The van der Waals surface area contributed by atoms with Gasteiger partial charge in [-0.3, -0.25) is 4.79 Å². The summed E-state index contributed by atoms with van der Waals surface area (Å²) < 4.78 is 22.9. The number of rotatable bonds is 2. The molecule has 7 heteroatoms. The third kappa shape index (κ3) is 2.87. The second-order valence-corrected chi connectivity index (χ2v) is 6.02. The highest BCUT2D eigenvalue weighted by Gasteiger charge is 2.21. The van der Waals surface area contributed by atoms with E-state index in [2.05, 4.69) is 0 Å². The zero-order chi connectivity index (χ0) is 12.5. The van der Waals surface area contributed by atoms with Crippen LogP contribution in [0.1, 0.15) is 10.4 Å². The molecule has 1 amide bonds. The predicted molar refractivity (Wildman–Crippen MR) is 63.4 cm³/mol. The molecular formula is C9H9Cl2NO3S. The summed E-state index contributed by atoms with van der Waals surface area (Å²) in [5.74, 6) is -0.691. The van der Waals surface area contributed by atoms with Gasteiger partial charge in [0.1, 0.15) is 0 Å². The van der Waals surface area contributed by atoms with Crippen molar-refractivity contribution in [2.24, 2.45) is 0 Å². The van der Waals surface area contributed by atoms with Crippen LogP contribution >= 0.6 is 23.2 Å². The molecule has 4 nitrogen and oxygen atoms in total. The average molecular weight is 282 g/mol. The number of carbonyl (C=O) groups is 1. The van der Waals surface area contributed by atoms with Crippen molar-refractivity contribution in [2.75, 3.05) is 13.3 Å². The highest BCUT2D eigenvalue weighted by molar-refractivity contribution is 7.88. The summed E-state index contributed by atoms with van der Waals surface area (Å²) >= 11 is 11.5. The number of halogens is 2. The molecule has 1 rings (SSSR count). The van der Waals surface area contributed by atoms with Crippen molar-refractivity contribution in [3.8, 4) is 0 Å². The van der Waals surface area contributed by atoms with Gasteiger partial charge in [-0.15, -0.1) is 0 Å². The summed E-state index contributed by atoms with van der Waals surface area (Å²) in [4.78, 5) is 11.7. The highest BCUT2D eigenvalue weighted by Crippen LogP contribution is 2.22. The fourth-order valence-electron chi connectivity index (χ4n) is 0.983. The van der Waals surface area contributed by atoms with Gasteiger partial charge in [-0.1, -0.05) is 23.2 Å². The van der Waals surface area contributed by atoms with Gasteiger partial charge >= 0.3 is 0 Å². The van der Waals surface area contributed by atoms with E-state index < -0.39 is 15.9 Å². The van der Waals surface area contributed by atoms with Gasteiger partial charge in [0.15, 0.2) is 0 Å². The summed E-state index contributed by atoms with van der Waals surface area (Å²) in [6.45, 7) is 0. The largest absolute Gasteiger partial charge is 0.268 e. The van der Waals surface area contributed by atoms with Crippen LogP contribution in [0.5, 0.6) is 0 Å². The van der Waals surface area contributed by atoms with Crippen LogP contribution in [0.25, 0.3) is 0 Å². The van der Waals surface area contributed by atoms with E-state index in [1.165, 1.54) is 25.2 Å². The third-order valence-corrected chi connectivity index (χ3v) is 3.65. The van der Waals surface area contributed by atoms with Gasteiger partial charge in [-0.25, -0.2) is 12.7 Å². The standard InChI is InChI=1S/C9H9Cl2NO3S/c1-12(16(2,14)15)9(13)7-4-3-6(10)5-8(7)11/h3-5H,1-2H3. The minimum atomic E-state index is -3.58. The van der Waals surface area contributed by atoms with Gasteiger partial charge in [0.05, 0.1) is 16.8 Å². The number of amides is 1. The molecule has 0 unspecified atom stereocenters. The number of hydrogen-bond acceptors (Lipinski definition) is 3. The number of benzene rings is 1. The van der Waals surface area contributed by atoms with Gasteiger partial charge in [0.2, 0.25) is 10.0 Å². The lowest BCUT2D eigenvalue weighted by Gasteiger charge is -2.15. The molecular weight excluding hydrogens is 273 g/mol. The van der Waals surface area contributed by atoms with Crippen molar-refractivity contribution in [2.45, 2.75) is 0 Å². The van der Waals surface area contributed by atoms with E-state index in [0.717, 1.165) is 6.26 Å². The lowest BCUT2D eigenvalue weighted by molar-refractivity contribution is 0.0884. The Bertz CT molecular complexity index is 528. The molecule has 0 aromatic heterocycles. The summed E-state index contributed by atoms with van der Waals surface area (Å²) in [5, 5.41) is 0.497. The van der Waals surface area contributed by atoms with E-state index in [0.29, 0.717) is 9.33 Å². The van der Waals surface area contributed by atoms with E-state index in [9.17, 15) is 13.2 Å². The maximum atomic E-state index is 11.7. The quantitative estimate of drug-likeness (QED) is 0.834. The van der Waals surface area contributed by atoms with Crippen LogP contribution in [0.15, 0.2) is 18.2 Å². The molecule has 0 atom stereocenters. The summed E-state index contributed by atoms with van der Waals surface area (Å²) in [6, 6.07) is 4.23. The molecule has 0 aliphatic rings. The fourth-order valence-corrected chi connectivity index (χ4v) is 1.87. The lowest BCUT2D eigenvalue weighted by Crippen LogP contribution is -2.32. The molecule has 0 aliphatic heterocycles. The maximum absolute atomic E-state index is 11.7. The van der Waals surface area contributed by atoms with E-state index in [4.69, 9.17) is 23.2 Å². The van der Waals surface area contributed by atoms with Crippen LogP contribution < -0.4 is 0 Å². The summed E-state index contributed by atoms with van der Waals surface area (Å²) in [5.41, 5.74) is 0.0963. The van der Waals surface area contributed by atoms with Gasteiger partial charge in [0.25, 0.3) is 5.91 Å². The Labute approximate surface area is 104 Å². The molecule has 0 bridgehead atoms. The van der Waals surface area contributed by atoms with Crippen molar-refractivity contribution in [1.82, 2.24) is 4.31 Å². The Kier molecular flexibility index (Phi) is 3.83. The first kappa shape index (κ1) is 13.3. The first-order valence-corrected chi connectivity index (χ1v) is 6.77. The molecule has 0 N–H and O–H groups in total. The number of nitrogens with zero attached hydrogens (tertiary/aromatic N) is 1. The first-order chi connectivity index (χ1) is 7.23. The number of sulfonamides is 1. The molecule has 0 radical (unpaired) electrons. The Morgan fingerprint density at radius 1 is 1.31 bits per heavy atom. The Morgan fingerprint density at radius 3 is 2.31 bits per heavy atom. The van der Waals surface area contributed by atoms with Gasteiger partial charge < -0.3 is 0 Å². The van der Waals surface area contributed by atoms with Gasteiger partial charge in [-0.05, 0) is 18.2 Å². The fraction of sp³-hybridized carbons (Fsp3) is 0.222. The van der Waals surface area contributed by atoms with Gasteiger partial charge in [-0.2, -0.15) is 0 Å². The molecule has 0 spiro atoms. The van der Waals surface area contributed by atoms with Crippen LogP contribution in [0, 0.1) is 0 Å². The zero-order valence-electron chi connectivity index (χ0n) is 8.57. The zero-order valence-corrected chi connectivity index (χ0v) is 10.9. The van der Waals surface area contributed by atoms with Crippen molar-refractivity contribution < 1.29 is 13.2 Å². The Balaban J connectivity index is 3.16. The Hall–Kier alpha value is -0.780. The molecule has 0 saturated heterocycles. The van der Waals surface area contributed by atoms with Crippen molar-refractivity contribution >= 4 is 39.1 Å². The molecule has 0 saturated carbocycles. The minimum absolute atomic E-state index is 0.0963. The van der Waals surface area contributed by atoms with Crippen LogP contribution in [-0.2, 0) is 10.0 Å². The predicted octanol–water partition coefficient (Wildman–Crippen LogP) is 2.02. The van der Waals surface area contributed by atoms with E-state index in [1.54, 1.807) is 0 Å². The molecule has 88 valence electrons. The number of hydrogen-bond donors (Lipinski definition) is 0. The van der Waals surface area contributed by atoms with Crippen molar-refractivity contribution in [1.29, 1.82) is 0 Å². The maximum Gasteiger partial charge on any atom is 0.268 e. The lowest BCUT2D eigenvalue weighted by atomic mass is 10.2. The molecule has 1 aromatic rings. The molecule has 1 aromatic carbocycles. The first-order valence-electron chi connectivity index (χ1n) is 4.17. The summed E-state index contributed by atoms with van der Waals surface area (Å²) in [6.07, 6.45) is 0.939. The van der Waals surface area contributed by atoms with E-state index >= 15 is 0 Å². The molecule has 16 heavy (non-hydrogen) atoms. The monoisotopic (exact) mass is 281 g/mol. The van der Waals surface area contributed by atoms with Crippen LogP contribution in [0.4, 0.5) is 0 Å². The highest BCUT2D eigenvalue weighted by atomic mass is 35.5. The molecule has 0 heterocycles. The normalized spacial score (nSPS) is 11.2. The van der Waals surface area contributed by atoms with Crippen LogP contribution in [0.2, 0.25) is 10.0 Å². The second kappa shape index (κ2) is 4.61. The minimum Gasteiger partial charge on any atom is -0.268 e. The number of carbonyl (C=O) groups excluding carboxylic acids is 1. The van der Waals surface area contributed by atoms with Crippen molar-refractivity contribution in [3.05, 3.63) is 33.8 Å². The van der Waals surface area contributed by atoms with Crippen molar-refractivity contribution in [3.63, 3.8) is 0 Å². The molecule has 0 aliphatic carbocycles. The topological polar surface area (TPSA) is 54.5 Å². The summed E-state index contributed by atoms with van der Waals surface area (Å²) in [7, 11) is -2.42.